The molecule has 1 aliphatic heterocycles. The van der Waals surface area contributed by atoms with Gasteiger partial charge in [0.15, 0.2) is 0 Å². The lowest BCUT2D eigenvalue weighted by Crippen LogP contribution is -2.16. The highest BCUT2D eigenvalue weighted by molar-refractivity contribution is 6.04. The van der Waals surface area contributed by atoms with Gasteiger partial charge in [0.2, 0.25) is 12.3 Å². The Morgan fingerprint density at radius 2 is 2.11 bits per heavy atom. The Labute approximate surface area is 156 Å². The van der Waals surface area contributed by atoms with Gasteiger partial charge in [-0.3, -0.25) is 4.79 Å². The number of amides is 1. The van der Waals surface area contributed by atoms with Crippen LogP contribution in [0.25, 0.3) is 11.5 Å². The van der Waals surface area contributed by atoms with Gasteiger partial charge in [-0.2, -0.15) is 0 Å². The number of aromatic nitrogens is 2. The van der Waals surface area contributed by atoms with Gasteiger partial charge in [-0.05, 0) is 55.3 Å². The number of carbonyl (C=O) groups is 1. The number of nitrogens with one attached hydrogen (secondary N) is 1. The van der Waals surface area contributed by atoms with Crippen LogP contribution in [0.2, 0.25) is 0 Å². The molecule has 0 aliphatic carbocycles. The predicted octanol–water partition coefficient (Wildman–Crippen LogP) is 3.55. The van der Waals surface area contributed by atoms with E-state index in [2.05, 4.69) is 15.5 Å². The van der Waals surface area contributed by atoms with E-state index < -0.39 is 0 Å². The predicted molar refractivity (Wildman–Crippen MR) is 98.6 cm³/mol. The Kier molecular flexibility index (Phi) is 5.11. The van der Waals surface area contributed by atoms with E-state index in [1.165, 1.54) is 6.39 Å². The topological polar surface area (TPSA) is 86.5 Å². The number of hydrogen-bond acceptors (Lipinski definition) is 6. The van der Waals surface area contributed by atoms with Crippen LogP contribution in [0.1, 0.15) is 23.2 Å². The van der Waals surface area contributed by atoms with E-state index in [0.717, 1.165) is 30.8 Å². The average Bonchev–Trinajstić information content (AvgIpc) is 3.41. The SMILES string of the molecule is O=C(Nc1cccc(-c2nnco2)c1)c1ccc(OC[C@H]2CCCO2)cc1. The lowest BCUT2D eigenvalue weighted by Gasteiger charge is -2.12. The highest BCUT2D eigenvalue weighted by Gasteiger charge is 2.16. The second kappa shape index (κ2) is 8.01. The number of hydrogen-bond donors (Lipinski definition) is 1. The third-order valence-corrected chi connectivity index (χ3v) is 4.30. The van der Waals surface area contributed by atoms with E-state index in [0.29, 0.717) is 23.7 Å². The first-order chi connectivity index (χ1) is 13.3. The molecule has 138 valence electrons. The van der Waals surface area contributed by atoms with Crippen LogP contribution >= 0.6 is 0 Å². The minimum absolute atomic E-state index is 0.166. The van der Waals surface area contributed by atoms with Crippen molar-refractivity contribution in [1.82, 2.24) is 10.2 Å². The molecule has 1 aromatic heterocycles. The van der Waals surface area contributed by atoms with Crippen LogP contribution in [-0.4, -0.2) is 35.4 Å². The Morgan fingerprint density at radius 3 is 2.85 bits per heavy atom. The smallest absolute Gasteiger partial charge is 0.255 e. The van der Waals surface area contributed by atoms with Gasteiger partial charge in [0.1, 0.15) is 12.4 Å². The minimum atomic E-state index is -0.205. The van der Waals surface area contributed by atoms with Crippen LogP contribution in [-0.2, 0) is 4.74 Å². The lowest BCUT2D eigenvalue weighted by molar-refractivity contribution is 0.0679. The zero-order valence-electron chi connectivity index (χ0n) is 14.6. The molecule has 1 fully saturated rings. The maximum absolute atomic E-state index is 12.5. The highest BCUT2D eigenvalue weighted by Crippen LogP contribution is 2.21. The fraction of sp³-hybridized carbons (Fsp3) is 0.250. The molecule has 27 heavy (non-hydrogen) atoms. The van der Waals surface area contributed by atoms with Gasteiger partial charge in [-0.1, -0.05) is 6.07 Å². The van der Waals surface area contributed by atoms with E-state index in [1.54, 1.807) is 36.4 Å². The van der Waals surface area contributed by atoms with Crippen molar-refractivity contribution in [3.63, 3.8) is 0 Å². The normalized spacial score (nSPS) is 16.2. The van der Waals surface area contributed by atoms with Gasteiger partial charge in [0.25, 0.3) is 5.91 Å². The van der Waals surface area contributed by atoms with E-state index in [9.17, 15) is 4.79 Å². The molecular formula is C20H19N3O4. The number of rotatable bonds is 6. The molecule has 0 unspecified atom stereocenters. The largest absolute Gasteiger partial charge is 0.491 e. The molecule has 0 saturated carbocycles. The van der Waals surface area contributed by atoms with E-state index >= 15 is 0 Å². The molecule has 7 heteroatoms. The van der Waals surface area contributed by atoms with Gasteiger partial charge in [0, 0.05) is 23.4 Å². The maximum Gasteiger partial charge on any atom is 0.255 e. The molecule has 1 N–H and O–H groups in total. The number of nitrogens with zero attached hydrogens (tertiary/aromatic N) is 2. The summed E-state index contributed by atoms with van der Waals surface area (Å²) < 4.78 is 16.4. The van der Waals surface area contributed by atoms with E-state index in [-0.39, 0.29) is 12.0 Å². The second-order valence-corrected chi connectivity index (χ2v) is 6.25. The molecule has 1 amide bonds. The molecule has 0 radical (unpaired) electrons. The fourth-order valence-electron chi connectivity index (χ4n) is 2.90. The molecule has 7 nitrogen and oxygen atoms in total. The Bertz CT molecular complexity index is 888. The zero-order valence-corrected chi connectivity index (χ0v) is 14.6. The molecule has 2 heterocycles. The van der Waals surface area contributed by atoms with Gasteiger partial charge in [0.05, 0.1) is 6.10 Å². The summed E-state index contributed by atoms with van der Waals surface area (Å²) in [7, 11) is 0. The molecule has 0 spiro atoms. The third-order valence-electron chi connectivity index (χ3n) is 4.30. The standard InChI is InChI=1S/C20H19N3O4/c24-19(22-16-4-1-3-15(11-16)20-23-21-13-27-20)14-6-8-17(9-7-14)26-12-18-5-2-10-25-18/h1,3-4,6-9,11,13,18H,2,5,10,12H2,(H,22,24)/t18-/m1/s1. The zero-order chi connectivity index (χ0) is 18.5. The minimum Gasteiger partial charge on any atom is -0.491 e. The van der Waals surface area contributed by atoms with Crippen LogP contribution < -0.4 is 10.1 Å². The van der Waals surface area contributed by atoms with E-state index in [4.69, 9.17) is 13.9 Å². The Morgan fingerprint density at radius 1 is 1.22 bits per heavy atom. The van der Waals surface area contributed by atoms with Crippen LogP contribution in [0.15, 0.2) is 59.3 Å². The van der Waals surface area contributed by atoms with Crippen LogP contribution in [0.4, 0.5) is 5.69 Å². The summed E-state index contributed by atoms with van der Waals surface area (Å²) in [5.41, 5.74) is 1.93. The van der Waals surface area contributed by atoms with Crippen molar-refractivity contribution in [2.24, 2.45) is 0 Å². The number of carbonyl (C=O) groups excluding carboxylic acids is 1. The molecular weight excluding hydrogens is 346 g/mol. The fourth-order valence-corrected chi connectivity index (χ4v) is 2.90. The molecule has 1 saturated heterocycles. The summed E-state index contributed by atoms with van der Waals surface area (Å²) in [6.07, 6.45) is 3.55. The van der Waals surface area contributed by atoms with Crippen molar-refractivity contribution in [2.75, 3.05) is 18.5 Å². The summed E-state index contributed by atoms with van der Waals surface area (Å²) in [5.74, 6) is 0.919. The number of benzene rings is 2. The third kappa shape index (κ3) is 4.32. The lowest BCUT2D eigenvalue weighted by atomic mass is 10.1. The van der Waals surface area contributed by atoms with Crippen LogP contribution in [0, 0.1) is 0 Å². The maximum atomic E-state index is 12.5. The molecule has 2 aromatic carbocycles. The number of anilines is 1. The Balaban J connectivity index is 1.37. The Hall–Kier alpha value is -3.19. The van der Waals surface area contributed by atoms with Crippen molar-refractivity contribution in [2.45, 2.75) is 18.9 Å². The molecule has 1 atom stereocenters. The van der Waals surface area contributed by atoms with Crippen LogP contribution in [0.5, 0.6) is 5.75 Å². The van der Waals surface area contributed by atoms with Gasteiger partial charge in [-0.25, -0.2) is 0 Å². The summed E-state index contributed by atoms with van der Waals surface area (Å²) in [4.78, 5) is 12.5. The van der Waals surface area contributed by atoms with Gasteiger partial charge >= 0.3 is 0 Å². The van der Waals surface area contributed by atoms with Crippen molar-refractivity contribution >= 4 is 11.6 Å². The molecule has 4 rings (SSSR count). The second-order valence-electron chi connectivity index (χ2n) is 6.25. The molecule has 1 aliphatic rings. The summed E-state index contributed by atoms with van der Waals surface area (Å²) >= 11 is 0. The van der Waals surface area contributed by atoms with Crippen molar-refractivity contribution in [1.29, 1.82) is 0 Å². The first-order valence-corrected chi connectivity index (χ1v) is 8.80. The van der Waals surface area contributed by atoms with Crippen LogP contribution in [0.3, 0.4) is 0 Å². The summed E-state index contributed by atoms with van der Waals surface area (Å²) in [6, 6.07) is 14.3. The quantitative estimate of drug-likeness (QED) is 0.719. The summed E-state index contributed by atoms with van der Waals surface area (Å²) in [5, 5.41) is 10.4. The molecule has 3 aromatic rings. The van der Waals surface area contributed by atoms with Gasteiger partial charge in [-0.15, -0.1) is 10.2 Å². The summed E-state index contributed by atoms with van der Waals surface area (Å²) in [6.45, 7) is 1.34. The van der Waals surface area contributed by atoms with Gasteiger partial charge < -0.3 is 19.2 Å². The monoisotopic (exact) mass is 365 g/mol. The number of ether oxygens (including phenoxy) is 2. The highest BCUT2D eigenvalue weighted by atomic mass is 16.5. The average molecular weight is 365 g/mol. The van der Waals surface area contributed by atoms with E-state index in [1.807, 2.05) is 12.1 Å². The first kappa shape index (κ1) is 17.2. The molecule has 0 bridgehead atoms. The first-order valence-electron chi connectivity index (χ1n) is 8.80. The van der Waals surface area contributed by atoms with Crippen molar-refractivity contribution in [3.05, 3.63) is 60.5 Å². The van der Waals surface area contributed by atoms with Crippen molar-refractivity contribution < 1.29 is 18.7 Å². The van der Waals surface area contributed by atoms with Crippen molar-refractivity contribution in [3.8, 4) is 17.2 Å².